The quantitative estimate of drug-likeness (QED) is 0.305. The second-order valence-corrected chi connectivity index (χ2v) is 11.5. The molecular weight excluding hydrogens is 488 g/mol. The molecule has 11 nitrogen and oxygen atoms in total. The van der Waals surface area contributed by atoms with Crippen molar-refractivity contribution in [3.8, 4) is 0 Å². The zero-order valence-electron chi connectivity index (χ0n) is 23.6. The van der Waals surface area contributed by atoms with Crippen molar-refractivity contribution in [1.29, 1.82) is 0 Å². The van der Waals surface area contributed by atoms with Crippen LogP contribution in [-0.2, 0) is 52.3 Å². The Kier molecular flexibility index (Phi) is 11.7. The molecule has 0 N–H and O–H groups in total. The van der Waals surface area contributed by atoms with Gasteiger partial charge < -0.3 is 33.2 Å². The van der Waals surface area contributed by atoms with Gasteiger partial charge in [-0.05, 0) is 68.4 Å². The first kappa shape index (κ1) is 32.5. The summed E-state index contributed by atoms with van der Waals surface area (Å²) in [6.07, 6.45) is -1.46. The van der Waals surface area contributed by atoms with Crippen LogP contribution >= 0.6 is 0 Å². The van der Waals surface area contributed by atoms with E-state index < -0.39 is 78.8 Å². The number of carbonyl (C=O) groups is 4. The maximum Gasteiger partial charge on any atom is 0.333 e. The minimum Gasteiger partial charge on any atom is -0.466 e. The molecule has 0 aromatic heterocycles. The van der Waals surface area contributed by atoms with Gasteiger partial charge in [0, 0.05) is 12.0 Å². The molecule has 0 heterocycles. The van der Waals surface area contributed by atoms with Crippen molar-refractivity contribution >= 4 is 23.9 Å². The molecule has 3 atom stereocenters. The molecular formula is C26H42O11. The molecule has 37 heavy (non-hydrogen) atoms. The normalized spacial score (nSPS) is 20.5. The number of esters is 4. The third kappa shape index (κ3) is 13.6. The Bertz CT molecular complexity index is 840. The number of hydrogen-bond acceptors (Lipinski definition) is 11. The fourth-order valence-corrected chi connectivity index (χ4v) is 3.30. The van der Waals surface area contributed by atoms with Crippen LogP contribution in [0.25, 0.3) is 0 Å². The first-order valence-corrected chi connectivity index (χ1v) is 12.1. The topological polar surface area (TPSA) is 133 Å². The third-order valence-corrected chi connectivity index (χ3v) is 4.39. The van der Waals surface area contributed by atoms with E-state index in [2.05, 4.69) is 0 Å². The average Bonchev–Trinajstić information content (AvgIpc) is 2.70. The van der Waals surface area contributed by atoms with Crippen molar-refractivity contribution in [1.82, 2.24) is 0 Å². The minimum absolute atomic E-state index is 0.000748. The number of methoxy groups -OCH3 is 1. The minimum atomic E-state index is -1.01. The van der Waals surface area contributed by atoms with E-state index in [-0.39, 0.29) is 12.0 Å². The van der Waals surface area contributed by atoms with E-state index in [9.17, 15) is 19.2 Å². The smallest absolute Gasteiger partial charge is 0.333 e. The molecule has 212 valence electrons. The van der Waals surface area contributed by atoms with Crippen molar-refractivity contribution < 1.29 is 52.3 Å². The van der Waals surface area contributed by atoms with Crippen molar-refractivity contribution in [2.45, 2.75) is 104 Å². The Labute approximate surface area is 219 Å². The molecule has 0 unspecified atom stereocenters. The maximum atomic E-state index is 12.3. The maximum absolute atomic E-state index is 12.3. The lowest BCUT2D eigenvalue weighted by Gasteiger charge is -2.36. The van der Waals surface area contributed by atoms with Crippen LogP contribution in [0.2, 0.25) is 0 Å². The van der Waals surface area contributed by atoms with Gasteiger partial charge in [-0.15, -0.1) is 0 Å². The summed E-state index contributed by atoms with van der Waals surface area (Å²) in [6.45, 7) is 14.1. The Morgan fingerprint density at radius 1 is 0.703 bits per heavy atom. The molecule has 0 radical (unpaired) electrons. The summed E-state index contributed by atoms with van der Waals surface area (Å²) in [6, 6.07) is 0. The first-order valence-electron chi connectivity index (χ1n) is 12.1. The van der Waals surface area contributed by atoms with Gasteiger partial charge in [0.05, 0.1) is 13.2 Å². The number of carbonyl (C=O) groups excluding carboxylic acids is 4. The van der Waals surface area contributed by atoms with Crippen LogP contribution in [0.4, 0.5) is 0 Å². The van der Waals surface area contributed by atoms with Crippen LogP contribution in [0, 0.1) is 0 Å². The Morgan fingerprint density at radius 2 is 1.11 bits per heavy atom. The molecule has 0 fully saturated rings. The lowest BCUT2D eigenvalue weighted by Crippen LogP contribution is -2.48. The van der Waals surface area contributed by atoms with Gasteiger partial charge in [0.15, 0.2) is 0 Å². The molecule has 0 aromatic carbocycles. The summed E-state index contributed by atoms with van der Waals surface area (Å²) in [5, 5.41) is 0. The molecule has 1 rings (SSSR count). The highest BCUT2D eigenvalue weighted by molar-refractivity contribution is 5.88. The van der Waals surface area contributed by atoms with Crippen molar-refractivity contribution in [2.24, 2.45) is 0 Å². The fraction of sp³-hybridized carbons (Fsp3) is 0.769. The predicted octanol–water partition coefficient (Wildman–Crippen LogP) is 2.67. The highest BCUT2D eigenvalue weighted by Gasteiger charge is 2.39. The van der Waals surface area contributed by atoms with E-state index in [1.165, 1.54) is 13.2 Å². The second kappa shape index (κ2) is 13.3. The predicted molar refractivity (Wildman–Crippen MR) is 131 cm³/mol. The van der Waals surface area contributed by atoms with E-state index in [1.807, 2.05) is 0 Å². The summed E-state index contributed by atoms with van der Waals surface area (Å²) in [5.74, 6) is -2.53. The standard InChI is InChI=1S/C26H42O11/c1-24(2,3)35-19(27)13-32-17-11-16(23(30)31-10)12-18(33-14-20(28)36-25(4,5)6)22(17)34-15-21(29)37-26(7,8)9/h11,17-18,22H,12-15H2,1-10H3/t17-,18-,22-/m1/s1. The largest absolute Gasteiger partial charge is 0.466 e. The van der Waals surface area contributed by atoms with Crippen LogP contribution in [0.1, 0.15) is 68.7 Å². The molecule has 0 saturated heterocycles. The number of rotatable bonds is 10. The molecule has 0 saturated carbocycles. The van der Waals surface area contributed by atoms with E-state index in [0.29, 0.717) is 0 Å². The zero-order valence-corrected chi connectivity index (χ0v) is 23.6. The Hall–Kier alpha value is -2.50. The van der Waals surface area contributed by atoms with Gasteiger partial charge in [0.1, 0.15) is 48.8 Å². The Morgan fingerprint density at radius 3 is 1.51 bits per heavy atom. The highest BCUT2D eigenvalue weighted by Crippen LogP contribution is 2.28. The van der Waals surface area contributed by atoms with E-state index in [4.69, 9.17) is 33.2 Å². The van der Waals surface area contributed by atoms with Crippen LogP contribution in [-0.4, -0.2) is 85.9 Å². The van der Waals surface area contributed by atoms with E-state index >= 15 is 0 Å². The lowest BCUT2D eigenvalue weighted by atomic mass is 9.91. The summed E-state index contributed by atoms with van der Waals surface area (Å²) in [4.78, 5) is 49.2. The summed E-state index contributed by atoms with van der Waals surface area (Å²) < 4.78 is 38.1. The van der Waals surface area contributed by atoms with Crippen LogP contribution in [0.3, 0.4) is 0 Å². The van der Waals surface area contributed by atoms with Crippen molar-refractivity contribution in [3.63, 3.8) is 0 Å². The van der Waals surface area contributed by atoms with Crippen molar-refractivity contribution in [3.05, 3.63) is 11.6 Å². The first-order chi connectivity index (χ1) is 16.8. The average molecular weight is 531 g/mol. The van der Waals surface area contributed by atoms with Crippen LogP contribution in [0.15, 0.2) is 11.6 Å². The van der Waals surface area contributed by atoms with Gasteiger partial charge in [0.2, 0.25) is 0 Å². The zero-order chi connectivity index (χ0) is 28.6. The Balaban J connectivity index is 3.16. The van der Waals surface area contributed by atoms with Crippen LogP contribution < -0.4 is 0 Å². The summed E-state index contributed by atoms with van der Waals surface area (Å²) in [5.41, 5.74) is -1.99. The van der Waals surface area contributed by atoms with Gasteiger partial charge in [-0.3, -0.25) is 0 Å². The van der Waals surface area contributed by atoms with Gasteiger partial charge in [-0.2, -0.15) is 0 Å². The summed E-state index contributed by atoms with van der Waals surface area (Å²) >= 11 is 0. The molecule has 1 aliphatic carbocycles. The van der Waals surface area contributed by atoms with Crippen LogP contribution in [0.5, 0.6) is 0 Å². The molecule has 0 amide bonds. The molecule has 0 bridgehead atoms. The van der Waals surface area contributed by atoms with Gasteiger partial charge in [-0.25, -0.2) is 19.2 Å². The summed E-state index contributed by atoms with van der Waals surface area (Å²) in [7, 11) is 1.22. The van der Waals surface area contributed by atoms with Gasteiger partial charge in [0.25, 0.3) is 0 Å². The number of hydrogen-bond donors (Lipinski definition) is 0. The molecule has 11 heteroatoms. The lowest BCUT2D eigenvalue weighted by molar-refractivity contribution is -0.184. The fourth-order valence-electron chi connectivity index (χ4n) is 3.30. The monoisotopic (exact) mass is 530 g/mol. The molecule has 0 spiro atoms. The molecule has 0 aromatic rings. The van der Waals surface area contributed by atoms with E-state index in [0.717, 1.165) is 0 Å². The van der Waals surface area contributed by atoms with Crippen molar-refractivity contribution in [2.75, 3.05) is 26.9 Å². The SMILES string of the molecule is COC(=O)C1=C[C@@H](OCC(=O)OC(C)(C)C)[C@@H](OCC(=O)OC(C)(C)C)[C@H](OCC(=O)OC(C)(C)C)C1. The third-order valence-electron chi connectivity index (χ3n) is 4.39. The van der Waals surface area contributed by atoms with E-state index in [1.54, 1.807) is 62.3 Å². The molecule has 0 aliphatic heterocycles. The van der Waals surface area contributed by atoms with Gasteiger partial charge in [-0.1, -0.05) is 0 Å². The van der Waals surface area contributed by atoms with Gasteiger partial charge >= 0.3 is 23.9 Å². The highest BCUT2D eigenvalue weighted by atomic mass is 16.6. The molecule has 1 aliphatic rings. The number of ether oxygens (including phenoxy) is 7. The second-order valence-electron chi connectivity index (χ2n) is 11.5.